The van der Waals surface area contributed by atoms with E-state index in [-0.39, 0.29) is 43.6 Å². The molecule has 0 bridgehead atoms. The molecule has 1 aliphatic carbocycles. The molecular formula is C29H36Cl2F3N3O4S. The summed E-state index contributed by atoms with van der Waals surface area (Å²) in [6, 6.07) is 8.11. The third-order valence-corrected chi connectivity index (χ3v) is 9.09. The third kappa shape index (κ3) is 9.50. The Morgan fingerprint density at radius 3 is 2.36 bits per heavy atom. The first-order valence-electron chi connectivity index (χ1n) is 13.9. The molecule has 0 radical (unpaired) electrons. The van der Waals surface area contributed by atoms with E-state index in [4.69, 9.17) is 23.2 Å². The maximum absolute atomic E-state index is 13.6. The van der Waals surface area contributed by atoms with Gasteiger partial charge >= 0.3 is 6.18 Å². The van der Waals surface area contributed by atoms with Crippen molar-refractivity contribution in [3.05, 3.63) is 63.6 Å². The van der Waals surface area contributed by atoms with Crippen LogP contribution >= 0.6 is 23.2 Å². The normalized spacial score (nSPS) is 15.2. The number of nitrogens with one attached hydrogen (secondary N) is 1. The molecule has 0 heterocycles. The van der Waals surface area contributed by atoms with Crippen LogP contribution < -0.4 is 9.62 Å². The van der Waals surface area contributed by atoms with Crippen LogP contribution in [0, 0.1) is 0 Å². The van der Waals surface area contributed by atoms with E-state index in [1.165, 1.54) is 11.0 Å². The number of sulfonamides is 1. The summed E-state index contributed by atoms with van der Waals surface area (Å²) in [5, 5.41) is 3.83. The molecule has 232 valence electrons. The second kappa shape index (κ2) is 14.8. The van der Waals surface area contributed by atoms with Crippen molar-refractivity contribution in [3.63, 3.8) is 0 Å². The number of carbonyl (C=O) groups is 2. The molecule has 1 saturated carbocycles. The van der Waals surface area contributed by atoms with Crippen molar-refractivity contribution in [2.45, 2.75) is 83.1 Å². The minimum Gasteiger partial charge on any atom is -0.352 e. The summed E-state index contributed by atoms with van der Waals surface area (Å²) in [6.45, 7) is 1.59. The fourth-order valence-corrected chi connectivity index (χ4v) is 6.56. The maximum atomic E-state index is 13.6. The molecule has 0 aliphatic heterocycles. The summed E-state index contributed by atoms with van der Waals surface area (Å²) >= 11 is 12.4. The first kappa shape index (κ1) is 34.0. The van der Waals surface area contributed by atoms with Gasteiger partial charge < -0.3 is 10.2 Å². The van der Waals surface area contributed by atoms with Gasteiger partial charge in [0.1, 0.15) is 6.04 Å². The zero-order valence-corrected chi connectivity index (χ0v) is 25.9. The molecule has 13 heteroatoms. The predicted molar refractivity (Wildman–Crippen MR) is 159 cm³/mol. The van der Waals surface area contributed by atoms with Gasteiger partial charge in [-0.05, 0) is 61.6 Å². The highest BCUT2D eigenvalue weighted by molar-refractivity contribution is 7.92. The minimum atomic E-state index is -4.65. The molecule has 2 aromatic rings. The van der Waals surface area contributed by atoms with Crippen molar-refractivity contribution in [2.75, 3.05) is 17.1 Å². The Bertz CT molecular complexity index is 1350. The van der Waals surface area contributed by atoms with Crippen LogP contribution in [0.4, 0.5) is 18.9 Å². The van der Waals surface area contributed by atoms with Crippen molar-refractivity contribution in [1.82, 2.24) is 10.2 Å². The number of rotatable bonds is 12. The molecular weight excluding hydrogens is 614 g/mol. The summed E-state index contributed by atoms with van der Waals surface area (Å²) in [5.41, 5.74) is -0.548. The Labute approximate surface area is 255 Å². The zero-order valence-electron chi connectivity index (χ0n) is 23.6. The number of carbonyl (C=O) groups excluding carboxylic acids is 2. The largest absolute Gasteiger partial charge is 0.416 e. The number of nitrogens with zero attached hydrogens (tertiary/aromatic N) is 2. The molecule has 42 heavy (non-hydrogen) atoms. The molecule has 1 fully saturated rings. The van der Waals surface area contributed by atoms with Crippen LogP contribution in [0.25, 0.3) is 0 Å². The van der Waals surface area contributed by atoms with Crippen LogP contribution in [-0.2, 0) is 32.3 Å². The molecule has 2 aromatic carbocycles. The Morgan fingerprint density at radius 1 is 1.07 bits per heavy atom. The van der Waals surface area contributed by atoms with Gasteiger partial charge in [0.05, 0.1) is 17.5 Å². The molecule has 1 unspecified atom stereocenters. The summed E-state index contributed by atoms with van der Waals surface area (Å²) in [4.78, 5) is 28.5. The van der Waals surface area contributed by atoms with Crippen LogP contribution in [0.5, 0.6) is 0 Å². The second-order valence-corrected chi connectivity index (χ2v) is 13.3. The molecule has 0 aromatic heterocycles. The van der Waals surface area contributed by atoms with E-state index in [1.54, 1.807) is 25.1 Å². The van der Waals surface area contributed by atoms with Crippen LogP contribution in [0.2, 0.25) is 10.0 Å². The Hall–Kier alpha value is -2.50. The Kier molecular flexibility index (Phi) is 12.0. The van der Waals surface area contributed by atoms with Crippen molar-refractivity contribution < 1.29 is 31.2 Å². The van der Waals surface area contributed by atoms with Gasteiger partial charge in [-0.2, -0.15) is 13.2 Å². The fraction of sp³-hybridized carbons (Fsp3) is 0.517. The van der Waals surface area contributed by atoms with Crippen LogP contribution in [-0.4, -0.2) is 50.0 Å². The van der Waals surface area contributed by atoms with E-state index in [0.29, 0.717) is 22.0 Å². The smallest absolute Gasteiger partial charge is 0.352 e. The van der Waals surface area contributed by atoms with Gasteiger partial charge in [0.25, 0.3) is 0 Å². The number of hydrogen-bond donors (Lipinski definition) is 1. The first-order chi connectivity index (χ1) is 19.7. The number of anilines is 1. The van der Waals surface area contributed by atoms with Crippen LogP contribution in [0.3, 0.4) is 0 Å². The number of hydrogen-bond acceptors (Lipinski definition) is 4. The standard InChI is InChI=1S/C29H36Cl2F3N3O4S/c1-3-26(28(39)35-23-10-5-4-6-11-23)36(19-20-14-15-22(30)18-25(20)31)27(38)13-8-16-37(42(2,40)41)24-12-7-9-21(17-24)29(32,33)34/h7,9,12,14-15,17-18,23,26H,3-6,8,10-11,13,16,19H2,1-2H3,(H,35,39). The summed E-state index contributed by atoms with van der Waals surface area (Å²) in [7, 11) is -3.96. The summed E-state index contributed by atoms with van der Waals surface area (Å²) in [6.07, 6.45) is 1.34. The van der Waals surface area contributed by atoms with E-state index >= 15 is 0 Å². The number of halogens is 5. The summed E-state index contributed by atoms with van der Waals surface area (Å²) < 4.78 is 65.7. The first-order valence-corrected chi connectivity index (χ1v) is 16.5. The maximum Gasteiger partial charge on any atom is 0.416 e. The van der Waals surface area contributed by atoms with E-state index < -0.39 is 33.7 Å². The van der Waals surface area contributed by atoms with Gasteiger partial charge in [0.2, 0.25) is 21.8 Å². The predicted octanol–water partition coefficient (Wildman–Crippen LogP) is 6.81. The van der Waals surface area contributed by atoms with Gasteiger partial charge in [-0.1, -0.05) is 61.5 Å². The highest BCUT2D eigenvalue weighted by Crippen LogP contribution is 2.32. The average molecular weight is 651 g/mol. The van der Waals surface area contributed by atoms with Crippen molar-refractivity contribution in [2.24, 2.45) is 0 Å². The molecule has 3 rings (SSSR count). The molecule has 1 N–H and O–H groups in total. The molecule has 1 atom stereocenters. The monoisotopic (exact) mass is 649 g/mol. The van der Waals surface area contributed by atoms with Crippen molar-refractivity contribution >= 4 is 50.7 Å². The zero-order chi connectivity index (χ0) is 31.1. The molecule has 2 amide bonds. The molecule has 0 saturated heterocycles. The highest BCUT2D eigenvalue weighted by Gasteiger charge is 2.33. The fourth-order valence-electron chi connectivity index (χ4n) is 5.14. The second-order valence-electron chi connectivity index (χ2n) is 10.5. The highest BCUT2D eigenvalue weighted by atomic mass is 35.5. The van der Waals surface area contributed by atoms with Crippen LogP contribution in [0.1, 0.15) is 69.4 Å². The van der Waals surface area contributed by atoms with Gasteiger partial charge in [-0.25, -0.2) is 8.42 Å². The molecule has 0 spiro atoms. The number of amides is 2. The van der Waals surface area contributed by atoms with Gasteiger partial charge in [0, 0.05) is 35.6 Å². The lowest BCUT2D eigenvalue weighted by Crippen LogP contribution is -2.51. The molecule has 7 nitrogen and oxygen atoms in total. The Morgan fingerprint density at radius 2 is 1.76 bits per heavy atom. The van der Waals surface area contributed by atoms with E-state index in [2.05, 4.69) is 5.32 Å². The van der Waals surface area contributed by atoms with Gasteiger partial charge in [-0.15, -0.1) is 0 Å². The topological polar surface area (TPSA) is 86.8 Å². The SMILES string of the molecule is CCC(C(=O)NC1CCCCC1)N(Cc1ccc(Cl)cc1Cl)C(=O)CCCN(c1cccc(C(F)(F)F)c1)S(C)(=O)=O. The summed E-state index contributed by atoms with van der Waals surface area (Å²) in [5.74, 6) is -0.686. The van der Waals surface area contributed by atoms with Crippen LogP contribution in [0.15, 0.2) is 42.5 Å². The lowest BCUT2D eigenvalue weighted by molar-refractivity contribution is -0.141. The average Bonchev–Trinajstić information content (AvgIpc) is 2.91. The van der Waals surface area contributed by atoms with Gasteiger partial charge in [0.15, 0.2) is 0 Å². The number of benzene rings is 2. The quantitative estimate of drug-likeness (QED) is 0.274. The van der Waals surface area contributed by atoms with E-state index in [9.17, 15) is 31.2 Å². The lowest BCUT2D eigenvalue weighted by atomic mass is 9.95. The third-order valence-electron chi connectivity index (χ3n) is 7.31. The van der Waals surface area contributed by atoms with Crippen molar-refractivity contribution in [1.29, 1.82) is 0 Å². The van der Waals surface area contributed by atoms with E-state index in [1.807, 2.05) is 0 Å². The Balaban J connectivity index is 1.81. The van der Waals surface area contributed by atoms with Gasteiger partial charge in [-0.3, -0.25) is 13.9 Å². The molecule has 1 aliphatic rings. The van der Waals surface area contributed by atoms with Crippen molar-refractivity contribution in [3.8, 4) is 0 Å². The van der Waals surface area contributed by atoms with E-state index in [0.717, 1.165) is 60.9 Å². The lowest BCUT2D eigenvalue weighted by Gasteiger charge is -2.33. The minimum absolute atomic E-state index is 0.00762. The number of alkyl halides is 3.